The number of nitrogens with zero attached hydrogens (tertiary/aromatic N) is 2. The topological polar surface area (TPSA) is 51.7 Å². The highest BCUT2D eigenvalue weighted by Gasteiger charge is 2.24. The minimum absolute atomic E-state index is 0.0368. The predicted octanol–water partition coefficient (Wildman–Crippen LogP) is 7.21. The Morgan fingerprint density at radius 3 is 2.37 bits per heavy atom. The fourth-order valence-electron chi connectivity index (χ4n) is 4.52. The van der Waals surface area contributed by atoms with Crippen LogP contribution < -0.4 is 9.47 Å². The summed E-state index contributed by atoms with van der Waals surface area (Å²) in [6, 6.07) is 25.9. The minimum atomic E-state index is -0.158. The Balaban J connectivity index is 1.77. The molecule has 0 aliphatic carbocycles. The van der Waals surface area contributed by atoms with Crippen molar-refractivity contribution in [2.45, 2.75) is 46.3 Å². The van der Waals surface area contributed by atoms with Crippen LogP contribution in [0.15, 0.2) is 85.1 Å². The van der Waals surface area contributed by atoms with Gasteiger partial charge in [-0.25, -0.2) is 4.98 Å². The molecular formula is C33H36N2O3. The second-order valence-electron chi connectivity index (χ2n) is 10.6. The van der Waals surface area contributed by atoms with E-state index < -0.39 is 0 Å². The van der Waals surface area contributed by atoms with Crippen molar-refractivity contribution in [1.29, 1.82) is 0 Å². The Morgan fingerprint density at radius 2 is 1.68 bits per heavy atom. The monoisotopic (exact) mass is 508 g/mol. The van der Waals surface area contributed by atoms with Crippen LogP contribution in [0.4, 0.5) is 0 Å². The maximum absolute atomic E-state index is 13.3. The molecular weight excluding hydrogens is 472 g/mol. The van der Waals surface area contributed by atoms with Gasteiger partial charge in [-0.1, -0.05) is 68.8 Å². The van der Waals surface area contributed by atoms with Crippen molar-refractivity contribution < 1.29 is 14.3 Å². The summed E-state index contributed by atoms with van der Waals surface area (Å²) in [5, 5.41) is 0. The first kappa shape index (κ1) is 26.9. The summed E-state index contributed by atoms with van der Waals surface area (Å²) >= 11 is 0. The van der Waals surface area contributed by atoms with E-state index in [1.165, 1.54) is 0 Å². The molecule has 1 heterocycles. The van der Waals surface area contributed by atoms with Crippen molar-refractivity contribution in [3.63, 3.8) is 0 Å². The van der Waals surface area contributed by atoms with Gasteiger partial charge in [-0.05, 0) is 65.4 Å². The van der Waals surface area contributed by atoms with Crippen molar-refractivity contribution >= 4 is 5.91 Å². The molecule has 0 fully saturated rings. The summed E-state index contributed by atoms with van der Waals surface area (Å²) in [5.41, 5.74) is 6.50. The SMILES string of the molecule is COc1cc(CN(C)C(=O)c2cccc(C)c2)c(-c2cccnc2OCc2ccccc2)cc1C(C)(C)C. The summed E-state index contributed by atoms with van der Waals surface area (Å²) in [5.74, 6) is 1.31. The van der Waals surface area contributed by atoms with E-state index in [1.807, 2.05) is 86.8 Å². The number of amides is 1. The van der Waals surface area contributed by atoms with Crippen LogP contribution >= 0.6 is 0 Å². The Labute approximate surface area is 226 Å². The molecule has 5 heteroatoms. The second-order valence-corrected chi connectivity index (χ2v) is 10.6. The van der Waals surface area contributed by atoms with Crippen LogP contribution in [0.5, 0.6) is 11.6 Å². The van der Waals surface area contributed by atoms with Crippen LogP contribution in [-0.4, -0.2) is 29.9 Å². The molecule has 3 aromatic carbocycles. The fourth-order valence-corrected chi connectivity index (χ4v) is 4.52. The Kier molecular flexibility index (Phi) is 8.16. The van der Waals surface area contributed by atoms with E-state index in [1.54, 1.807) is 18.2 Å². The third-order valence-electron chi connectivity index (χ3n) is 6.53. The molecule has 4 rings (SSSR count). The van der Waals surface area contributed by atoms with E-state index in [2.05, 4.69) is 31.8 Å². The fraction of sp³-hybridized carbons (Fsp3) is 0.273. The summed E-state index contributed by atoms with van der Waals surface area (Å²) in [6.07, 6.45) is 1.74. The van der Waals surface area contributed by atoms with Crippen LogP contribution in [0.3, 0.4) is 0 Å². The lowest BCUT2D eigenvalue weighted by Crippen LogP contribution is -2.26. The zero-order valence-electron chi connectivity index (χ0n) is 23.1. The lowest BCUT2D eigenvalue weighted by molar-refractivity contribution is 0.0785. The first-order chi connectivity index (χ1) is 18.2. The number of benzene rings is 3. The van der Waals surface area contributed by atoms with Gasteiger partial charge >= 0.3 is 0 Å². The van der Waals surface area contributed by atoms with Gasteiger partial charge in [0, 0.05) is 36.5 Å². The highest BCUT2D eigenvalue weighted by molar-refractivity contribution is 5.94. The number of hydrogen-bond donors (Lipinski definition) is 0. The van der Waals surface area contributed by atoms with Gasteiger partial charge in [-0.15, -0.1) is 0 Å². The third kappa shape index (κ3) is 6.23. The molecule has 0 N–H and O–H groups in total. The van der Waals surface area contributed by atoms with E-state index in [9.17, 15) is 4.79 Å². The van der Waals surface area contributed by atoms with Crippen molar-refractivity contribution in [2.75, 3.05) is 14.2 Å². The molecule has 0 saturated heterocycles. The first-order valence-electron chi connectivity index (χ1n) is 12.8. The van der Waals surface area contributed by atoms with Gasteiger partial charge in [-0.2, -0.15) is 0 Å². The van der Waals surface area contributed by atoms with E-state index >= 15 is 0 Å². The molecule has 0 bridgehead atoms. The number of hydrogen-bond acceptors (Lipinski definition) is 4. The van der Waals surface area contributed by atoms with Crippen molar-refractivity contribution in [2.24, 2.45) is 0 Å². The zero-order chi connectivity index (χ0) is 27.3. The standard InChI is InChI=1S/C33H36N2O3/c1-23-12-10-15-25(18-23)32(36)35(5)21-26-19-30(37-6)29(33(2,3)4)20-28(26)27-16-11-17-34-31(27)38-22-24-13-8-7-9-14-24/h7-20H,21-22H2,1-6H3. The van der Waals surface area contributed by atoms with Gasteiger partial charge in [0.15, 0.2) is 0 Å². The lowest BCUT2D eigenvalue weighted by atomic mass is 9.83. The van der Waals surface area contributed by atoms with E-state index in [4.69, 9.17) is 9.47 Å². The second kappa shape index (κ2) is 11.5. The molecule has 0 radical (unpaired) electrons. The average molecular weight is 509 g/mol. The lowest BCUT2D eigenvalue weighted by Gasteiger charge is -2.26. The summed E-state index contributed by atoms with van der Waals surface area (Å²) in [6.45, 7) is 9.29. The van der Waals surface area contributed by atoms with Gasteiger partial charge in [0.2, 0.25) is 5.88 Å². The van der Waals surface area contributed by atoms with Gasteiger partial charge in [0.05, 0.1) is 7.11 Å². The predicted molar refractivity (Wildman–Crippen MR) is 153 cm³/mol. The highest BCUT2D eigenvalue weighted by atomic mass is 16.5. The van der Waals surface area contributed by atoms with Crippen LogP contribution in [0.1, 0.15) is 53.4 Å². The summed E-state index contributed by atoms with van der Waals surface area (Å²) in [7, 11) is 3.52. The normalized spacial score (nSPS) is 11.2. The average Bonchev–Trinajstić information content (AvgIpc) is 2.91. The van der Waals surface area contributed by atoms with Gasteiger partial charge in [-0.3, -0.25) is 4.79 Å². The summed E-state index contributed by atoms with van der Waals surface area (Å²) < 4.78 is 12.1. The molecule has 0 saturated carbocycles. The van der Waals surface area contributed by atoms with Crippen LogP contribution in [0.25, 0.3) is 11.1 Å². The van der Waals surface area contributed by atoms with Crippen molar-refractivity contribution in [3.8, 4) is 22.8 Å². The van der Waals surface area contributed by atoms with Crippen molar-refractivity contribution in [1.82, 2.24) is 9.88 Å². The zero-order valence-corrected chi connectivity index (χ0v) is 23.1. The maximum atomic E-state index is 13.3. The summed E-state index contributed by atoms with van der Waals surface area (Å²) in [4.78, 5) is 19.6. The molecule has 0 unspecified atom stereocenters. The van der Waals surface area contributed by atoms with E-state index in [0.717, 1.165) is 39.1 Å². The molecule has 0 atom stereocenters. The maximum Gasteiger partial charge on any atom is 0.253 e. The Bertz CT molecular complexity index is 1410. The number of carbonyl (C=O) groups excluding carboxylic acids is 1. The van der Waals surface area contributed by atoms with Crippen LogP contribution in [-0.2, 0) is 18.6 Å². The van der Waals surface area contributed by atoms with Gasteiger partial charge in [0.1, 0.15) is 12.4 Å². The van der Waals surface area contributed by atoms with Crippen LogP contribution in [0.2, 0.25) is 0 Å². The molecule has 1 amide bonds. The molecule has 0 spiro atoms. The molecule has 196 valence electrons. The molecule has 0 aliphatic heterocycles. The number of aryl methyl sites for hydroxylation is 1. The van der Waals surface area contributed by atoms with E-state index in [-0.39, 0.29) is 11.3 Å². The number of pyridine rings is 1. The molecule has 0 aliphatic rings. The van der Waals surface area contributed by atoms with Crippen LogP contribution in [0, 0.1) is 6.92 Å². The van der Waals surface area contributed by atoms with Crippen molar-refractivity contribution in [3.05, 3.63) is 113 Å². The molecule has 5 nitrogen and oxygen atoms in total. The Hall–Kier alpha value is -4.12. The quantitative estimate of drug-likeness (QED) is 0.252. The number of aromatic nitrogens is 1. The van der Waals surface area contributed by atoms with Gasteiger partial charge < -0.3 is 14.4 Å². The Morgan fingerprint density at radius 1 is 0.921 bits per heavy atom. The molecule has 4 aromatic rings. The number of rotatable bonds is 8. The molecule has 38 heavy (non-hydrogen) atoms. The number of methoxy groups -OCH3 is 1. The third-order valence-corrected chi connectivity index (χ3v) is 6.53. The van der Waals surface area contributed by atoms with E-state index in [0.29, 0.717) is 24.6 Å². The number of carbonyl (C=O) groups is 1. The molecule has 1 aromatic heterocycles. The number of ether oxygens (including phenoxy) is 2. The highest BCUT2D eigenvalue weighted by Crippen LogP contribution is 2.40. The smallest absolute Gasteiger partial charge is 0.253 e. The largest absolute Gasteiger partial charge is 0.496 e. The van der Waals surface area contributed by atoms with Gasteiger partial charge in [0.25, 0.3) is 5.91 Å². The first-order valence-corrected chi connectivity index (χ1v) is 12.8. The minimum Gasteiger partial charge on any atom is -0.496 e.